The van der Waals surface area contributed by atoms with Gasteiger partial charge in [0.15, 0.2) is 0 Å². The van der Waals surface area contributed by atoms with E-state index in [1.807, 2.05) is 18.2 Å². The van der Waals surface area contributed by atoms with Crippen LogP contribution in [-0.4, -0.2) is 30.9 Å². The van der Waals surface area contributed by atoms with Crippen molar-refractivity contribution in [3.8, 4) is 17.6 Å². The van der Waals surface area contributed by atoms with E-state index in [2.05, 4.69) is 16.4 Å². The van der Waals surface area contributed by atoms with Gasteiger partial charge in [-0.1, -0.05) is 11.8 Å². The molecule has 0 aliphatic rings. The minimum atomic E-state index is -0.175. The van der Waals surface area contributed by atoms with E-state index in [0.717, 1.165) is 16.7 Å². The Labute approximate surface area is 161 Å². The number of nitrogens with one attached hydrogen (secondary N) is 1. The smallest absolute Gasteiger partial charge is 0.234 e. The maximum absolute atomic E-state index is 12.2. The lowest BCUT2D eigenvalue weighted by Gasteiger charge is -2.08. The summed E-state index contributed by atoms with van der Waals surface area (Å²) in [5, 5.41) is 13.6. The molecule has 6 nitrogen and oxygen atoms in total. The summed E-state index contributed by atoms with van der Waals surface area (Å²) in [6, 6.07) is 16.5. The molecule has 1 amide bonds. The Morgan fingerprint density at radius 3 is 2.48 bits per heavy atom. The number of thioether (sulfide) groups is 1. The first-order valence-corrected chi connectivity index (χ1v) is 9.07. The molecule has 0 spiro atoms. The lowest BCUT2D eigenvalue weighted by atomic mass is 10.1. The van der Waals surface area contributed by atoms with Gasteiger partial charge in [-0.25, -0.2) is 4.98 Å². The molecule has 3 rings (SSSR count). The number of nitriles is 1. The van der Waals surface area contributed by atoms with Gasteiger partial charge >= 0.3 is 0 Å². The number of hydrogen-bond acceptors (Lipinski definition) is 6. The molecule has 27 heavy (non-hydrogen) atoms. The highest BCUT2D eigenvalue weighted by Gasteiger charge is 2.11. The van der Waals surface area contributed by atoms with Gasteiger partial charge in [0.1, 0.15) is 22.6 Å². The number of nitrogens with zero attached hydrogens (tertiary/aromatic N) is 2. The summed E-state index contributed by atoms with van der Waals surface area (Å²) in [7, 11) is 3.18. The molecule has 0 saturated carbocycles. The van der Waals surface area contributed by atoms with Crippen LogP contribution < -0.4 is 14.8 Å². The van der Waals surface area contributed by atoms with Crippen LogP contribution in [0.25, 0.3) is 10.9 Å². The van der Waals surface area contributed by atoms with E-state index in [1.165, 1.54) is 11.8 Å². The SMILES string of the molecule is COc1ccc(NC(=O)CSc2nc3ccc(OC)cc3cc2C#N)cc1. The van der Waals surface area contributed by atoms with E-state index in [-0.39, 0.29) is 11.7 Å². The van der Waals surface area contributed by atoms with Crippen LogP contribution in [0.4, 0.5) is 5.69 Å². The number of methoxy groups -OCH3 is 2. The first-order chi connectivity index (χ1) is 13.1. The Morgan fingerprint density at radius 1 is 1.11 bits per heavy atom. The van der Waals surface area contributed by atoms with Crippen LogP contribution >= 0.6 is 11.8 Å². The molecule has 1 N–H and O–H groups in total. The van der Waals surface area contributed by atoms with E-state index in [0.29, 0.717) is 22.0 Å². The minimum Gasteiger partial charge on any atom is -0.497 e. The molecule has 0 fully saturated rings. The van der Waals surface area contributed by atoms with Crippen molar-refractivity contribution in [2.24, 2.45) is 0 Å². The molecule has 3 aromatic rings. The van der Waals surface area contributed by atoms with Gasteiger partial charge in [-0.15, -0.1) is 0 Å². The maximum atomic E-state index is 12.2. The van der Waals surface area contributed by atoms with Crippen LogP contribution in [0, 0.1) is 11.3 Å². The fourth-order valence-electron chi connectivity index (χ4n) is 2.46. The van der Waals surface area contributed by atoms with E-state index >= 15 is 0 Å². The Hall–Kier alpha value is -3.24. The van der Waals surface area contributed by atoms with Crippen molar-refractivity contribution in [1.82, 2.24) is 4.98 Å². The number of fused-ring (bicyclic) bond motifs is 1. The molecule has 1 aromatic heterocycles. The Morgan fingerprint density at radius 2 is 1.81 bits per heavy atom. The number of hydrogen-bond donors (Lipinski definition) is 1. The predicted molar refractivity (Wildman–Crippen MR) is 105 cm³/mol. The van der Waals surface area contributed by atoms with Gasteiger partial charge in [0.25, 0.3) is 0 Å². The fourth-order valence-corrected chi connectivity index (χ4v) is 3.22. The molecular weight excluding hydrogens is 362 g/mol. The number of anilines is 1. The number of amides is 1. The van der Waals surface area contributed by atoms with E-state index in [9.17, 15) is 10.1 Å². The van der Waals surface area contributed by atoms with E-state index in [1.54, 1.807) is 44.6 Å². The highest BCUT2D eigenvalue weighted by molar-refractivity contribution is 8.00. The Bertz CT molecular complexity index is 1010. The number of aromatic nitrogens is 1. The summed E-state index contributed by atoms with van der Waals surface area (Å²) < 4.78 is 10.3. The van der Waals surface area contributed by atoms with Crippen molar-refractivity contribution in [2.45, 2.75) is 5.03 Å². The van der Waals surface area contributed by atoms with Crippen LogP contribution in [0.2, 0.25) is 0 Å². The second kappa shape index (κ2) is 8.43. The molecule has 7 heteroatoms. The highest BCUT2D eigenvalue weighted by atomic mass is 32.2. The van der Waals surface area contributed by atoms with Gasteiger partial charge in [-0.05, 0) is 48.5 Å². The van der Waals surface area contributed by atoms with Crippen LogP contribution in [0.15, 0.2) is 53.6 Å². The largest absolute Gasteiger partial charge is 0.497 e. The lowest BCUT2D eigenvalue weighted by molar-refractivity contribution is -0.113. The van der Waals surface area contributed by atoms with Crippen molar-refractivity contribution in [3.63, 3.8) is 0 Å². The molecule has 0 aliphatic heterocycles. The molecule has 0 saturated heterocycles. The first-order valence-electron chi connectivity index (χ1n) is 8.08. The van der Waals surface area contributed by atoms with Crippen molar-refractivity contribution < 1.29 is 14.3 Å². The Balaban J connectivity index is 1.71. The lowest BCUT2D eigenvalue weighted by Crippen LogP contribution is -2.14. The normalized spacial score (nSPS) is 10.3. The molecule has 136 valence electrons. The summed E-state index contributed by atoms with van der Waals surface area (Å²) in [4.78, 5) is 16.7. The number of rotatable bonds is 6. The van der Waals surface area contributed by atoms with Crippen molar-refractivity contribution in [3.05, 3.63) is 54.1 Å². The monoisotopic (exact) mass is 379 g/mol. The average molecular weight is 379 g/mol. The molecule has 1 heterocycles. The Kier molecular flexibility index (Phi) is 5.79. The molecule has 0 atom stereocenters. The quantitative estimate of drug-likeness (QED) is 0.655. The summed E-state index contributed by atoms with van der Waals surface area (Å²) in [6.45, 7) is 0. The second-order valence-electron chi connectivity index (χ2n) is 5.58. The zero-order valence-electron chi connectivity index (χ0n) is 14.9. The van der Waals surface area contributed by atoms with Gasteiger partial charge in [-0.2, -0.15) is 5.26 Å². The molecule has 2 aromatic carbocycles. The van der Waals surface area contributed by atoms with Crippen LogP contribution in [0.5, 0.6) is 11.5 Å². The van der Waals surface area contributed by atoms with Crippen molar-refractivity contribution in [2.75, 3.05) is 25.3 Å². The fraction of sp³-hybridized carbons (Fsp3) is 0.150. The number of benzene rings is 2. The summed E-state index contributed by atoms with van der Waals surface area (Å²) >= 11 is 1.23. The van der Waals surface area contributed by atoms with Gasteiger partial charge < -0.3 is 14.8 Å². The molecule has 0 radical (unpaired) electrons. The number of pyridine rings is 1. The van der Waals surface area contributed by atoms with Gasteiger partial charge in [-0.3, -0.25) is 4.79 Å². The zero-order valence-corrected chi connectivity index (χ0v) is 15.7. The maximum Gasteiger partial charge on any atom is 0.234 e. The second-order valence-corrected chi connectivity index (χ2v) is 6.54. The predicted octanol–water partition coefficient (Wildman–Crippen LogP) is 3.85. The highest BCUT2D eigenvalue weighted by Crippen LogP contribution is 2.27. The zero-order chi connectivity index (χ0) is 19.2. The minimum absolute atomic E-state index is 0.148. The summed E-state index contributed by atoms with van der Waals surface area (Å²) in [6.07, 6.45) is 0. The molecule has 0 bridgehead atoms. The van der Waals surface area contributed by atoms with E-state index in [4.69, 9.17) is 9.47 Å². The third kappa shape index (κ3) is 4.49. The van der Waals surface area contributed by atoms with Crippen LogP contribution in [-0.2, 0) is 4.79 Å². The number of ether oxygens (including phenoxy) is 2. The molecular formula is C20H17N3O3S. The van der Waals surface area contributed by atoms with Crippen LogP contribution in [0.3, 0.4) is 0 Å². The first kappa shape index (κ1) is 18.5. The standard InChI is InChI=1S/C20H17N3O3S/c1-25-16-5-3-15(4-6-16)22-19(24)12-27-20-14(11-21)9-13-10-17(26-2)7-8-18(13)23-20/h3-10H,12H2,1-2H3,(H,22,24). The van der Waals surface area contributed by atoms with Gasteiger partial charge in [0.05, 0.1) is 31.1 Å². The third-order valence-corrected chi connectivity index (χ3v) is 4.81. The molecule has 0 unspecified atom stereocenters. The molecule has 0 aliphatic carbocycles. The van der Waals surface area contributed by atoms with Gasteiger partial charge in [0, 0.05) is 11.1 Å². The van der Waals surface area contributed by atoms with Crippen molar-refractivity contribution >= 4 is 34.3 Å². The van der Waals surface area contributed by atoms with Crippen LogP contribution in [0.1, 0.15) is 5.56 Å². The summed E-state index contributed by atoms with van der Waals surface area (Å²) in [5.74, 6) is 1.39. The number of carbonyl (C=O) groups excluding carboxylic acids is 1. The topological polar surface area (TPSA) is 84.2 Å². The van der Waals surface area contributed by atoms with E-state index < -0.39 is 0 Å². The third-order valence-electron chi connectivity index (χ3n) is 3.82. The van der Waals surface area contributed by atoms with Gasteiger partial charge in [0.2, 0.25) is 5.91 Å². The summed E-state index contributed by atoms with van der Waals surface area (Å²) in [5.41, 5.74) is 1.85. The van der Waals surface area contributed by atoms with Crippen molar-refractivity contribution in [1.29, 1.82) is 5.26 Å². The average Bonchev–Trinajstić information content (AvgIpc) is 2.71. The number of carbonyl (C=O) groups is 1.